The molecule has 3 rings (SSSR count). The first-order valence-corrected chi connectivity index (χ1v) is 7.50. The minimum Gasteiger partial charge on any atom is -0.436 e. The van der Waals surface area contributed by atoms with Gasteiger partial charge in [-0.15, -0.1) is 0 Å². The SMILES string of the molecule is Cc1nc(C)c(C(=O)N(C)C2CCC3(CC2)OCCO3)o1. The van der Waals surface area contributed by atoms with Gasteiger partial charge in [0, 0.05) is 32.9 Å². The van der Waals surface area contributed by atoms with Crippen LogP contribution in [0.25, 0.3) is 0 Å². The van der Waals surface area contributed by atoms with Crippen molar-refractivity contribution >= 4 is 5.91 Å². The van der Waals surface area contributed by atoms with Gasteiger partial charge in [-0.3, -0.25) is 4.79 Å². The minimum absolute atomic E-state index is 0.0951. The third kappa shape index (κ3) is 2.70. The molecule has 0 atom stereocenters. The van der Waals surface area contributed by atoms with Crippen molar-refractivity contribution < 1.29 is 18.7 Å². The van der Waals surface area contributed by atoms with E-state index in [1.807, 2.05) is 7.05 Å². The molecule has 1 spiro atoms. The summed E-state index contributed by atoms with van der Waals surface area (Å²) in [6.07, 6.45) is 3.44. The molecule has 0 radical (unpaired) electrons. The Kier molecular flexibility index (Phi) is 3.75. The fourth-order valence-electron chi connectivity index (χ4n) is 3.27. The summed E-state index contributed by atoms with van der Waals surface area (Å²) in [5.74, 6) is 0.393. The number of aryl methyl sites for hydroxylation is 2. The average molecular weight is 294 g/mol. The summed E-state index contributed by atoms with van der Waals surface area (Å²) in [5, 5.41) is 0. The summed E-state index contributed by atoms with van der Waals surface area (Å²) < 4.78 is 16.9. The molecule has 21 heavy (non-hydrogen) atoms. The van der Waals surface area contributed by atoms with E-state index in [1.165, 1.54) is 0 Å². The highest BCUT2D eigenvalue weighted by atomic mass is 16.7. The predicted molar refractivity (Wildman–Crippen MR) is 75.0 cm³/mol. The zero-order valence-corrected chi connectivity index (χ0v) is 12.8. The van der Waals surface area contributed by atoms with E-state index in [-0.39, 0.29) is 17.7 Å². The Morgan fingerprint density at radius 1 is 1.24 bits per heavy atom. The van der Waals surface area contributed by atoms with Gasteiger partial charge in [0.25, 0.3) is 5.91 Å². The first-order chi connectivity index (χ1) is 10.0. The van der Waals surface area contributed by atoms with Gasteiger partial charge >= 0.3 is 0 Å². The van der Waals surface area contributed by atoms with E-state index in [9.17, 15) is 4.79 Å². The molecule has 6 heteroatoms. The highest BCUT2D eigenvalue weighted by molar-refractivity contribution is 5.92. The van der Waals surface area contributed by atoms with Crippen LogP contribution < -0.4 is 0 Å². The molecule has 2 aliphatic rings. The maximum atomic E-state index is 12.5. The van der Waals surface area contributed by atoms with Gasteiger partial charge in [0.1, 0.15) is 0 Å². The molecular weight excluding hydrogens is 272 g/mol. The van der Waals surface area contributed by atoms with Crippen LogP contribution >= 0.6 is 0 Å². The smallest absolute Gasteiger partial charge is 0.291 e. The maximum Gasteiger partial charge on any atom is 0.291 e. The first kappa shape index (κ1) is 14.5. The molecule has 1 aliphatic carbocycles. The molecule has 6 nitrogen and oxygen atoms in total. The Labute approximate surface area is 124 Å². The Morgan fingerprint density at radius 2 is 1.86 bits per heavy atom. The Morgan fingerprint density at radius 3 is 2.38 bits per heavy atom. The van der Waals surface area contributed by atoms with Crippen molar-refractivity contribution in [3.63, 3.8) is 0 Å². The van der Waals surface area contributed by atoms with E-state index in [4.69, 9.17) is 13.9 Å². The van der Waals surface area contributed by atoms with E-state index in [1.54, 1.807) is 18.7 Å². The van der Waals surface area contributed by atoms with Crippen LogP contribution in [-0.2, 0) is 9.47 Å². The largest absolute Gasteiger partial charge is 0.436 e. The molecule has 1 saturated carbocycles. The standard InChI is InChI=1S/C15H22N2O4/c1-10-13(21-11(2)16-10)14(18)17(3)12-4-6-15(7-5-12)19-8-9-20-15/h12H,4-9H2,1-3H3. The van der Waals surface area contributed by atoms with E-state index < -0.39 is 0 Å². The Bertz CT molecular complexity index is 524. The van der Waals surface area contributed by atoms with Gasteiger partial charge in [-0.1, -0.05) is 0 Å². The third-order valence-corrected chi connectivity index (χ3v) is 4.50. The van der Waals surface area contributed by atoms with Crippen molar-refractivity contribution in [2.75, 3.05) is 20.3 Å². The molecule has 2 heterocycles. The molecule has 0 N–H and O–H groups in total. The first-order valence-electron chi connectivity index (χ1n) is 7.50. The maximum absolute atomic E-state index is 12.5. The number of oxazole rings is 1. The van der Waals surface area contributed by atoms with Gasteiger partial charge in [-0.25, -0.2) is 4.98 Å². The molecule has 1 aliphatic heterocycles. The van der Waals surface area contributed by atoms with Crippen molar-refractivity contribution in [2.45, 2.75) is 51.4 Å². The summed E-state index contributed by atoms with van der Waals surface area (Å²) in [6, 6.07) is 0.195. The van der Waals surface area contributed by atoms with Crippen LogP contribution in [0.1, 0.15) is 47.8 Å². The van der Waals surface area contributed by atoms with E-state index in [0.29, 0.717) is 30.6 Å². The van der Waals surface area contributed by atoms with Gasteiger partial charge in [0.05, 0.1) is 18.9 Å². The fraction of sp³-hybridized carbons (Fsp3) is 0.733. The monoisotopic (exact) mass is 294 g/mol. The zero-order valence-electron chi connectivity index (χ0n) is 12.8. The molecule has 1 aromatic rings. The molecular formula is C15H22N2O4. The van der Waals surface area contributed by atoms with Crippen LogP contribution in [-0.4, -0.2) is 47.9 Å². The molecule has 2 fully saturated rings. The lowest BCUT2D eigenvalue weighted by Crippen LogP contribution is -2.45. The zero-order chi connectivity index (χ0) is 15.0. The number of nitrogens with zero attached hydrogens (tertiary/aromatic N) is 2. The summed E-state index contributed by atoms with van der Waals surface area (Å²) >= 11 is 0. The lowest BCUT2D eigenvalue weighted by molar-refractivity contribution is -0.182. The molecule has 116 valence electrons. The van der Waals surface area contributed by atoms with Crippen molar-refractivity contribution in [1.82, 2.24) is 9.88 Å². The summed E-state index contributed by atoms with van der Waals surface area (Å²) in [5.41, 5.74) is 0.652. The molecule has 0 bridgehead atoms. The van der Waals surface area contributed by atoms with Crippen molar-refractivity contribution in [3.8, 4) is 0 Å². The van der Waals surface area contributed by atoms with Crippen LogP contribution in [0.5, 0.6) is 0 Å². The number of aromatic nitrogens is 1. The second-order valence-electron chi connectivity index (χ2n) is 5.90. The molecule has 0 aromatic carbocycles. The number of carbonyl (C=O) groups is 1. The molecule has 1 saturated heterocycles. The van der Waals surface area contributed by atoms with Gasteiger partial charge in [0.2, 0.25) is 5.76 Å². The molecule has 1 amide bonds. The lowest BCUT2D eigenvalue weighted by Gasteiger charge is -2.38. The van der Waals surface area contributed by atoms with Gasteiger partial charge in [-0.2, -0.15) is 0 Å². The van der Waals surface area contributed by atoms with Crippen LogP contribution in [0.2, 0.25) is 0 Å². The van der Waals surface area contributed by atoms with Crippen LogP contribution in [0.3, 0.4) is 0 Å². The van der Waals surface area contributed by atoms with E-state index in [2.05, 4.69) is 4.98 Å². The lowest BCUT2D eigenvalue weighted by atomic mass is 9.89. The van der Waals surface area contributed by atoms with E-state index in [0.717, 1.165) is 25.7 Å². The fourth-order valence-corrected chi connectivity index (χ4v) is 3.27. The van der Waals surface area contributed by atoms with Crippen LogP contribution in [0.4, 0.5) is 0 Å². The summed E-state index contributed by atoms with van der Waals surface area (Å²) in [4.78, 5) is 18.5. The number of hydrogen-bond donors (Lipinski definition) is 0. The number of carbonyl (C=O) groups excluding carboxylic acids is 1. The summed E-state index contributed by atoms with van der Waals surface area (Å²) in [6.45, 7) is 4.91. The van der Waals surface area contributed by atoms with Gasteiger partial charge in [-0.05, 0) is 19.8 Å². The summed E-state index contributed by atoms with van der Waals surface area (Å²) in [7, 11) is 1.83. The van der Waals surface area contributed by atoms with Crippen LogP contribution in [0.15, 0.2) is 4.42 Å². The Hall–Kier alpha value is -1.40. The predicted octanol–water partition coefficient (Wildman–Crippen LogP) is 2.05. The quantitative estimate of drug-likeness (QED) is 0.835. The second kappa shape index (κ2) is 5.42. The van der Waals surface area contributed by atoms with E-state index >= 15 is 0 Å². The third-order valence-electron chi connectivity index (χ3n) is 4.50. The average Bonchev–Trinajstić information content (AvgIpc) is 3.05. The number of amides is 1. The van der Waals surface area contributed by atoms with Gasteiger partial charge < -0.3 is 18.8 Å². The second-order valence-corrected chi connectivity index (χ2v) is 5.90. The normalized spacial score (nSPS) is 21.9. The highest BCUT2D eigenvalue weighted by Crippen LogP contribution is 2.37. The van der Waals surface area contributed by atoms with Crippen molar-refractivity contribution in [3.05, 3.63) is 17.3 Å². The van der Waals surface area contributed by atoms with Crippen LogP contribution in [0, 0.1) is 13.8 Å². The van der Waals surface area contributed by atoms with Crippen molar-refractivity contribution in [1.29, 1.82) is 0 Å². The number of ether oxygens (including phenoxy) is 2. The molecule has 1 aromatic heterocycles. The topological polar surface area (TPSA) is 64.8 Å². The highest BCUT2D eigenvalue weighted by Gasteiger charge is 2.42. The Balaban J connectivity index is 1.65. The number of rotatable bonds is 2. The number of hydrogen-bond acceptors (Lipinski definition) is 5. The molecule has 0 unspecified atom stereocenters. The van der Waals surface area contributed by atoms with Crippen molar-refractivity contribution in [2.24, 2.45) is 0 Å². The van der Waals surface area contributed by atoms with Gasteiger partial charge in [0.15, 0.2) is 11.7 Å². The minimum atomic E-state index is -0.390.